The van der Waals surface area contributed by atoms with E-state index in [1.807, 2.05) is 24.3 Å². The van der Waals surface area contributed by atoms with Crippen molar-refractivity contribution in [3.8, 4) is 0 Å². The molecule has 1 aromatic heterocycles. The molecule has 1 amide bonds. The molecule has 0 spiro atoms. The van der Waals surface area contributed by atoms with Gasteiger partial charge in [-0.15, -0.1) is 0 Å². The topological polar surface area (TPSA) is 58.1 Å². The Balaban J connectivity index is 1.67. The van der Waals surface area contributed by atoms with Gasteiger partial charge < -0.3 is 10.2 Å². The Morgan fingerprint density at radius 1 is 1.38 bits per heavy atom. The van der Waals surface area contributed by atoms with E-state index in [2.05, 4.69) is 27.1 Å². The number of carbonyl (C=O) groups is 1. The molecule has 1 N–H and O–H groups in total. The summed E-state index contributed by atoms with van der Waals surface area (Å²) in [7, 11) is 0. The van der Waals surface area contributed by atoms with Crippen molar-refractivity contribution in [2.75, 3.05) is 18.0 Å². The van der Waals surface area contributed by atoms with Gasteiger partial charge in [-0.1, -0.05) is 36.7 Å². The SMILES string of the molecule is CC1CCCN(c2cc(C(=O)NCc3ccccc3Cl)ncn2)C1. The number of aromatic nitrogens is 2. The second-order valence-corrected chi connectivity index (χ2v) is 6.64. The van der Waals surface area contributed by atoms with Crippen LogP contribution in [0.1, 0.15) is 35.8 Å². The smallest absolute Gasteiger partial charge is 0.270 e. The van der Waals surface area contributed by atoms with Crippen LogP contribution in [0.15, 0.2) is 36.7 Å². The second kappa shape index (κ2) is 7.62. The summed E-state index contributed by atoms with van der Waals surface area (Å²) in [5.74, 6) is 1.24. The number of amides is 1. The highest BCUT2D eigenvalue weighted by Crippen LogP contribution is 2.21. The summed E-state index contributed by atoms with van der Waals surface area (Å²) in [6.45, 7) is 4.56. The number of nitrogens with one attached hydrogen (secondary N) is 1. The molecule has 1 unspecified atom stereocenters. The van der Waals surface area contributed by atoms with Gasteiger partial charge in [-0.05, 0) is 30.4 Å². The van der Waals surface area contributed by atoms with E-state index in [4.69, 9.17) is 11.6 Å². The largest absolute Gasteiger partial charge is 0.356 e. The minimum atomic E-state index is -0.219. The number of hydrogen-bond acceptors (Lipinski definition) is 4. The van der Waals surface area contributed by atoms with Gasteiger partial charge >= 0.3 is 0 Å². The first-order valence-corrected chi connectivity index (χ1v) is 8.60. The molecule has 1 aliphatic rings. The van der Waals surface area contributed by atoms with E-state index in [0.29, 0.717) is 23.2 Å². The molecule has 1 aliphatic heterocycles. The van der Waals surface area contributed by atoms with Gasteiger partial charge in [-0.2, -0.15) is 0 Å². The maximum Gasteiger partial charge on any atom is 0.270 e. The second-order valence-electron chi connectivity index (χ2n) is 6.23. The average Bonchev–Trinajstić information content (AvgIpc) is 2.61. The third-order valence-electron chi connectivity index (χ3n) is 4.26. The lowest BCUT2D eigenvalue weighted by molar-refractivity contribution is 0.0946. The van der Waals surface area contributed by atoms with Crippen LogP contribution in [0.3, 0.4) is 0 Å². The fraction of sp³-hybridized carbons (Fsp3) is 0.389. The van der Waals surface area contributed by atoms with Gasteiger partial charge in [0.15, 0.2) is 0 Å². The number of halogens is 1. The molecule has 5 nitrogen and oxygen atoms in total. The van der Waals surface area contributed by atoms with Crippen molar-refractivity contribution in [3.05, 3.63) is 52.9 Å². The summed E-state index contributed by atoms with van der Waals surface area (Å²) < 4.78 is 0. The van der Waals surface area contributed by atoms with Gasteiger partial charge in [0.1, 0.15) is 17.8 Å². The molecule has 3 rings (SSSR count). The van der Waals surface area contributed by atoms with Crippen LogP contribution >= 0.6 is 11.6 Å². The molecule has 0 radical (unpaired) electrons. The fourth-order valence-electron chi connectivity index (χ4n) is 2.95. The van der Waals surface area contributed by atoms with Crippen molar-refractivity contribution in [2.24, 2.45) is 5.92 Å². The number of piperidine rings is 1. The molecule has 6 heteroatoms. The summed E-state index contributed by atoms with van der Waals surface area (Å²) in [5.41, 5.74) is 1.26. The third-order valence-corrected chi connectivity index (χ3v) is 4.63. The number of rotatable bonds is 4. The minimum absolute atomic E-state index is 0.219. The van der Waals surface area contributed by atoms with E-state index < -0.39 is 0 Å². The first-order valence-electron chi connectivity index (χ1n) is 8.22. The standard InChI is InChI=1S/C18H21ClN4O/c1-13-5-4-8-23(11-13)17-9-16(21-12-22-17)18(24)20-10-14-6-2-3-7-15(14)19/h2-3,6-7,9,12-13H,4-5,8,10-11H2,1H3,(H,20,24). The molecule has 0 saturated carbocycles. The molecule has 0 bridgehead atoms. The third kappa shape index (κ3) is 4.03. The zero-order valence-electron chi connectivity index (χ0n) is 13.7. The zero-order chi connectivity index (χ0) is 16.9. The Labute approximate surface area is 147 Å². The lowest BCUT2D eigenvalue weighted by Gasteiger charge is -2.31. The summed E-state index contributed by atoms with van der Waals surface area (Å²) in [4.78, 5) is 23.0. The number of anilines is 1. The van der Waals surface area contributed by atoms with Crippen LogP contribution in [0.2, 0.25) is 5.02 Å². The highest BCUT2D eigenvalue weighted by molar-refractivity contribution is 6.31. The summed E-state index contributed by atoms with van der Waals surface area (Å²) >= 11 is 6.11. The molecule has 0 aliphatic carbocycles. The van der Waals surface area contributed by atoms with Gasteiger partial charge in [0.25, 0.3) is 5.91 Å². The summed E-state index contributed by atoms with van der Waals surface area (Å²) in [6.07, 6.45) is 3.85. The highest BCUT2D eigenvalue weighted by atomic mass is 35.5. The Kier molecular flexibility index (Phi) is 5.30. The van der Waals surface area contributed by atoms with E-state index in [1.54, 1.807) is 6.07 Å². The zero-order valence-corrected chi connectivity index (χ0v) is 14.5. The van der Waals surface area contributed by atoms with Crippen LogP contribution in [0.25, 0.3) is 0 Å². The number of hydrogen-bond donors (Lipinski definition) is 1. The maximum atomic E-state index is 12.4. The van der Waals surface area contributed by atoms with Crippen molar-refractivity contribution < 1.29 is 4.79 Å². The van der Waals surface area contributed by atoms with E-state index >= 15 is 0 Å². The van der Waals surface area contributed by atoms with Crippen molar-refractivity contribution in [2.45, 2.75) is 26.3 Å². The monoisotopic (exact) mass is 344 g/mol. The van der Waals surface area contributed by atoms with Crippen LogP contribution in [0, 0.1) is 5.92 Å². The van der Waals surface area contributed by atoms with Crippen LogP contribution in [-0.2, 0) is 6.54 Å². The Bertz CT molecular complexity index is 722. The van der Waals surface area contributed by atoms with E-state index in [0.717, 1.165) is 30.9 Å². The van der Waals surface area contributed by atoms with Gasteiger partial charge in [0, 0.05) is 30.7 Å². The summed E-state index contributed by atoms with van der Waals surface area (Å²) in [5, 5.41) is 3.50. The molecule has 1 saturated heterocycles. The van der Waals surface area contributed by atoms with Crippen molar-refractivity contribution in [1.29, 1.82) is 0 Å². The molecular weight excluding hydrogens is 324 g/mol. The Hall–Kier alpha value is -2.14. The number of carbonyl (C=O) groups excluding carboxylic acids is 1. The van der Waals surface area contributed by atoms with Crippen LogP contribution in [0.5, 0.6) is 0 Å². The van der Waals surface area contributed by atoms with Crippen molar-refractivity contribution in [3.63, 3.8) is 0 Å². The highest BCUT2D eigenvalue weighted by Gasteiger charge is 2.19. The van der Waals surface area contributed by atoms with E-state index in [9.17, 15) is 4.79 Å². The first kappa shape index (κ1) is 16.7. The van der Waals surface area contributed by atoms with Crippen LogP contribution in [0.4, 0.5) is 5.82 Å². The lowest BCUT2D eigenvalue weighted by Crippen LogP contribution is -2.35. The molecule has 2 aromatic rings. The summed E-state index contributed by atoms with van der Waals surface area (Å²) in [6, 6.07) is 9.23. The van der Waals surface area contributed by atoms with Crippen molar-refractivity contribution >= 4 is 23.3 Å². The van der Waals surface area contributed by atoms with Gasteiger partial charge in [-0.25, -0.2) is 9.97 Å². The average molecular weight is 345 g/mol. The molecular formula is C18H21ClN4O. The van der Waals surface area contributed by atoms with E-state index in [-0.39, 0.29) is 5.91 Å². The molecule has 1 aromatic carbocycles. The van der Waals surface area contributed by atoms with Gasteiger partial charge in [0.05, 0.1) is 0 Å². The molecule has 1 fully saturated rings. The van der Waals surface area contributed by atoms with Crippen molar-refractivity contribution in [1.82, 2.24) is 15.3 Å². The van der Waals surface area contributed by atoms with Gasteiger partial charge in [-0.3, -0.25) is 4.79 Å². The predicted octanol–water partition coefficient (Wildman–Crippen LogP) is 3.30. The maximum absolute atomic E-state index is 12.4. The Morgan fingerprint density at radius 3 is 3.00 bits per heavy atom. The molecule has 126 valence electrons. The first-order chi connectivity index (χ1) is 11.6. The predicted molar refractivity (Wildman–Crippen MR) is 95.3 cm³/mol. The molecule has 1 atom stereocenters. The Morgan fingerprint density at radius 2 is 2.21 bits per heavy atom. The van der Waals surface area contributed by atoms with Crippen LogP contribution in [-0.4, -0.2) is 29.0 Å². The quantitative estimate of drug-likeness (QED) is 0.924. The molecule has 2 heterocycles. The fourth-order valence-corrected chi connectivity index (χ4v) is 3.15. The minimum Gasteiger partial charge on any atom is -0.356 e. The number of nitrogens with zero attached hydrogens (tertiary/aromatic N) is 3. The van der Waals surface area contributed by atoms with Gasteiger partial charge in [0.2, 0.25) is 0 Å². The molecule has 24 heavy (non-hydrogen) atoms. The van der Waals surface area contributed by atoms with Crippen LogP contribution < -0.4 is 10.2 Å². The normalized spacial score (nSPS) is 17.6. The number of benzene rings is 1. The van der Waals surface area contributed by atoms with E-state index in [1.165, 1.54) is 12.7 Å². The lowest BCUT2D eigenvalue weighted by atomic mass is 10.0.